The zero-order valence-electron chi connectivity index (χ0n) is 7.42. The number of carboxylic acids is 1. The number of carboxylic acid groups (broad SMARTS) is 1. The number of aliphatic carboxylic acids is 1. The topological polar surface area (TPSA) is 57.5 Å². The molecule has 3 nitrogen and oxygen atoms in total. The van der Waals surface area contributed by atoms with Crippen molar-refractivity contribution in [2.75, 3.05) is 0 Å². The Labute approximate surface area is 84.0 Å². The Bertz CT molecular complexity index is 434. The van der Waals surface area contributed by atoms with E-state index in [2.05, 4.69) is 11.8 Å². The van der Waals surface area contributed by atoms with Crippen molar-refractivity contribution in [2.45, 2.75) is 6.42 Å². The molecule has 0 aromatic heterocycles. The number of hydrogen-bond acceptors (Lipinski definition) is 2. The molecule has 0 saturated heterocycles. The minimum absolute atomic E-state index is 0.0240. The Balaban J connectivity index is 2.95. The Kier molecular flexibility index (Phi) is 3.24. The second-order valence-corrected chi connectivity index (χ2v) is 2.66. The number of phenols is 1. The van der Waals surface area contributed by atoms with E-state index >= 15 is 0 Å². The van der Waals surface area contributed by atoms with Gasteiger partial charge in [-0.1, -0.05) is 11.8 Å². The summed E-state index contributed by atoms with van der Waals surface area (Å²) in [5.74, 6) is 0.0200. The zero-order chi connectivity index (χ0) is 11.4. The predicted octanol–water partition coefficient (Wildman–Crippen LogP) is 1.50. The maximum atomic E-state index is 12.8. The molecule has 0 saturated carbocycles. The van der Waals surface area contributed by atoms with Gasteiger partial charge in [-0.2, -0.15) is 0 Å². The summed E-state index contributed by atoms with van der Waals surface area (Å²) in [7, 11) is 0. The zero-order valence-corrected chi connectivity index (χ0v) is 7.42. The van der Waals surface area contributed by atoms with Crippen LogP contribution in [0, 0.1) is 23.5 Å². The molecule has 15 heavy (non-hydrogen) atoms. The Hall–Kier alpha value is -2.09. The molecule has 5 heteroatoms. The van der Waals surface area contributed by atoms with E-state index in [1.165, 1.54) is 0 Å². The number of rotatable bonds is 1. The van der Waals surface area contributed by atoms with Crippen LogP contribution >= 0.6 is 0 Å². The highest BCUT2D eigenvalue weighted by atomic mass is 19.1. The van der Waals surface area contributed by atoms with E-state index in [0.717, 1.165) is 12.1 Å². The van der Waals surface area contributed by atoms with Crippen LogP contribution in [0.2, 0.25) is 0 Å². The van der Waals surface area contributed by atoms with Gasteiger partial charge in [-0.15, -0.1) is 0 Å². The maximum Gasteiger partial charge on any atom is 0.315 e. The van der Waals surface area contributed by atoms with E-state index in [-0.39, 0.29) is 5.56 Å². The van der Waals surface area contributed by atoms with Gasteiger partial charge in [0.15, 0.2) is 17.4 Å². The lowest BCUT2D eigenvalue weighted by Gasteiger charge is -1.97. The fraction of sp³-hybridized carbons (Fsp3) is 0.100. The van der Waals surface area contributed by atoms with Gasteiger partial charge in [0.1, 0.15) is 6.42 Å². The van der Waals surface area contributed by atoms with Gasteiger partial charge in [0.2, 0.25) is 0 Å². The van der Waals surface area contributed by atoms with Crippen LogP contribution in [0.25, 0.3) is 0 Å². The lowest BCUT2D eigenvalue weighted by molar-refractivity contribution is -0.135. The van der Waals surface area contributed by atoms with Crippen molar-refractivity contribution in [3.63, 3.8) is 0 Å². The fourth-order valence-electron chi connectivity index (χ4n) is 0.860. The summed E-state index contributed by atoms with van der Waals surface area (Å²) in [5, 5.41) is 17.0. The molecule has 0 aliphatic rings. The second-order valence-electron chi connectivity index (χ2n) is 2.66. The summed E-state index contributed by atoms with van der Waals surface area (Å²) in [6, 6.07) is 1.65. The number of hydrogen-bond donors (Lipinski definition) is 2. The highest BCUT2D eigenvalue weighted by Crippen LogP contribution is 2.20. The smallest absolute Gasteiger partial charge is 0.315 e. The predicted molar refractivity (Wildman–Crippen MR) is 47.2 cm³/mol. The molecule has 0 unspecified atom stereocenters. The monoisotopic (exact) mass is 212 g/mol. The van der Waals surface area contributed by atoms with Crippen molar-refractivity contribution in [1.29, 1.82) is 0 Å². The van der Waals surface area contributed by atoms with Crippen LogP contribution in [0.15, 0.2) is 12.1 Å². The number of aromatic hydroxyl groups is 1. The third-order valence-corrected chi connectivity index (χ3v) is 1.49. The highest BCUT2D eigenvalue weighted by molar-refractivity contribution is 5.70. The number of benzene rings is 1. The normalized spacial score (nSPS) is 9.20. The summed E-state index contributed by atoms with van der Waals surface area (Å²) in [5.41, 5.74) is -0.0240. The van der Waals surface area contributed by atoms with Gasteiger partial charge in [0.25, 0.3) is 0 Å². The van der Waals surface area contributed by atoms with Gasteiger partial charge >= 0.3 is 5.97 Å². The van der Waals surface area contributed by atoms with Crippen LogP contribution in [-0.4, -0.2) is 16.2 Å². The van der Waals surface area contributed by atoms with E-state index in [9.17, 15) is 13.6 Å². The minimum atomic E-state index is -1.13. The van der Waals surface area contributed by atoms with Gasteiger partial charge in [-0.3, -0.25) is 4.79 Å². The Morgan fingerprint density at radius 2 is 1.87 bits per heavy atom. The van der Waals surface area contributed by atoms with Crippen LogP contribution in [0.3, 0.4) is 0 Å². The summed E-state index contributed by atoms with van der Waals surface area (Å²) < 4.78 is 25.5. The van der Waals surface area contributed by atoms with Crippen molar-refractivity contribution in [2.24, 2.45) is 0 Å². The van der Waals surface area contributed by atoms with Gasteiger partial charge in [-0.05, 0) is 12.1 Å². The third kappa shape index (κ3) is 2.95. The van der Waals surface area contributed by atoms with Crippen LogP contribution in [0.5, 0.6) is 5.75 Å². The molecule has 0 fully saturated rings. The third-order valence-electron chi connectivity index (χ3n) is 1.49. The number of phenolic OH excluding ortho intramolecular Hbond substituents is 1. The summed E-state index contributed by atoms with van der Waals surface area (Å²) >= 11 is 0. The quantitative estimate of drug-likeness (QED) is 0.693. The van der Waals surface area contributed by atoms with Crippen molar-refractivity contribution in [3.8, 4) is 17.6 Å². The van der Waals surface area contributed by atoms with Crippen molar-refractivity contribution >= 4 is 5.97 Å². The molecule has 0 aliphatic heterocycles. The van der Waals surface area contributed by atoms with Crippen molar-refractivity contribution in [1.82, 2.24) is 0 Å². The molecule has 78 valence electrons. The van der Waals surface area contributed by atoms with Gasteiger partial charge in [0, 0.05) is 5.56 Å². The Morgan fingerprint density at radius 3 is 2.33 bits per heavy atom. The van der Waals surface area contributed by atoms with Crippen LogP contribution in [-0.2, 0) is 4.79 Å². The first kappa shape index (κ1) is 11.0. The summed E-state index contributed by atoms with van der Waals surface area (Å²) in [4.78, 5) is 10.1. The molecule has 2 N–H and O–H groups in total. The highest BCUT2D eigenvalue weighted by Gasteiger charge is 2.07. The fourth-order valence-corrected chi connectivity index (χ4v) is 0.860. The SMILES string of the molecule is O=C(O)CC#Cc1cc(F)c(O)c(F)c1. The van der Waals surface area contributed by atoms with E-state index in [4.69, 9.17) is 10.2 Å². The summed E-state index contributed by atoms with van der Waals surface area (Å²) in [6.45, 7) is 0. The number of halogens is 2. The van der Waals surface area contributed by atoms with Crippen molar-refractivity contribution < 1.29 is 23.8 Å². The average Bonchev–Trinajstić information content (AvgIpc) is 2.13. The first-order valence-corrected chi connectivity index (χ1v) is 3.89. The van der Waals surface area contributed by atoms with Crippen LogP contribution in [0.4, 0.5) is 8.78 Å². The molecule has 0 radical (unpaired) electrons. The molecule has 0 aliphatic carbocycles. The molecule has 0 bridgehead atoms. The number of carbonyl (C=O) groups is 1. The molecule has 0 amide bonds. The van der Waals surface area contributed by atoms with Crippen LogP contribution in [0.1, 0.15) is 12.0 Å². The largest absolute Gasteiger partial charge is 0.503 e. The first-order chi connectivity index (χ1) is 7.00. The van der Waals surface area contributed by atoms with Gasteiger partial charge < -0.3 is 10.2 Å². The molecule has 0 heterocycles. The average molecular weight is 212 g/mol. The lowest BCUT2D eigenvalue weighted by atomic mass is 10.2. The molecule has 1 rings (SSSR count). The van der Waals surface area contributed by atoms with Crippen LogP contribution < -0.4 is 0 Å². The standard InChI is InChI=1S/C10H6F2O3/c11-7-4-6(2-1-3-9(13)14)5-8(12)10(7)15/h4-5,15H,3H2,(H,13,14). The summed E-state index contributed by atoms with van der Waals surface area (Å²) in [6.07, 6.45) is -0.413. The molecule has 0 atom stereocenters. The van der Waals surface area contributed by atoms with Crippen molar-refractivity contribution in [3.05, 3.63) is 29.3 Å². The van der Waals surface area contributed by atoms with E-state index in [0.29, 0.717) is 0 Å². The van der Waals surface area contributed by atoms with E-state index < -0.39 is 29.8 Å². The van der Waals surface area contributed by atoms with Gasteiger partial charge in [0.05, 0.1) is 0 Å². The molecular weight excluding hydrogens is 206 g/mol. The second kappa shape index (κ2) is 4.42. The minimum Gasteiger partial charge on any atom is -0.503 e. The van der Waals surface area contributed by atoms with Gasteiger partial charge in [-0.25, -0.2) is 8.78 Å². The first-order valence-electron chi connectivity index (χ1n) is 3.89. The van der Waals surface area contributed by atoms with E-state index in [1.54, 1.807) is 0 Å². The maximum absolute atomic E-state index is 12.8. The lowest BCUT2D eigenvalue weighted by Crippen LogP contribution is -1.91. The molecule has 1 aromatic rings. The molecule has 0 spiro atoms. The van der Waals surface area contributed by atoms with E-state index in [1.807, 2.05) is 0 Å². The Morgan fingerprint density at radius 1 is 1.33 bits per heavy atom. The molecular formula is C10H6F2O3. The molecule has 1 aromatic carbocycles.